The van der Waals surface area contributed by atoms with Gasteiger partial charge in [-0.25, -0.2) is 9.78 Å². The van der Waals surface area contributed by atoms with Gasteiger partial charge in [0, 0.05) is 11.4 Å². The summed E-state index contributed by atoms with van der Waals surface area (Å²) >= 11 is 1.47. The summed E-state index contributed by atoms with van der Waals surface area (Å²) < 4.78 is 4.81. The zero-order valence-corrected chi connectivity index (χ0v) is 18.2. The van der Waals surface area contributed by atoms with Crippen LogP contribution in [0.5, 0.6) is 0 Å². The number of hydrogen-bond acceptors (Lipinski definition) is 5. The highest BCUT2D eigenvalue weighted by Gasteiger charge is 2.56. The number of carbonyl (C=O) groups is 2. The molecule has 0 aliphatic heterocycles. The molecule has 0 saturated heterocycles. The van der Waals surface area contributed by atoms with Crippen LogP contribution in [0.25, 0.3) is 0 Å². The zero-order valence-electron chi connectivity index (χ0n) is 17.4. The Bertz CT molecular complexity index is 748. The van der Waals surface area contributed by atoms with Crippen molar-refractivity contribution in [3.05, 3.63) is 16.1 Å². The Morgan fingerprint density at radius 1 is 1.10 bits per heavy atom. The quantitative estimate of drug-likeness (QED) is 0.647. The van der Waals surface area contributed by atoms with Gasteiger partial charge in [0.05, 0.1) is 19.1 Å². The molecule has 6 rings (SSSR count). The number of nitrogens with zero attached hydrogens (tertiary/aromatic N) is 2. The Morgan fingerprint density at radius 2 is 1.72 bits per heavy atom. The van der Waals surface area contributed by atoms with Crippen LogP contribution in [-0.2, 0) is 16.1 Å². The first kappa shape index (κ1) is 19.5. The lowest BCUT2D eigenvalue weighted by atomic mass is 9.49. The fraction of sp³-hybridized carbons (Fsp3) is 0.783. The van der Waals surface area contributed by atoms with Gasteiger partial charge in [0.15, 0.2) is 5.69 Å². The van der Waals surface area contributed by atoms with Crippen molar-refractivity contribution < 1.29 is 14.3 Å². The first-order valence-electron chi connectivity index (χ1n) is 11.4. The molecule has 5 nitrogen and oxygen atoms in total. The number of ether oxygens (including phenoxy) is 1. The highest BCUT2D eigenvalue weighted by Crippen LogP contribution is 2.60. The van der Waals surface area contributed by atoms with Crippen molar-refractivity contribution in [3.8, 4) is 0 Å². The highest BCUT2D eigenvalue weighted by atomic mass is 32.1. The van der Waals surface area contributed by atoms with Gasteiger partial charge in [0.25, 0.3) is 0 Å². The van der Waals surface area contributed by atoms with Gasteiger partial charge >= 0.3 is 5.97 Å². The maximum Gasteiger partial charge on any atom is 0.357 e. The molecule has 0 N–H and O–H groups in total. The molecular weight excluding hydrogens is 384 g/mol. The summed E-state index contributed by atoms with van der Waals surface area (Å²) in [6.07, 6.45) is 13.3. The lowest BCUT2D eigenvalue weighted by Gasteiger charge is -2.57. The van der Waals surface area contributed by atoms with Crippen LogP contribution in [0.1, 0.15) is 86.1 Å². The van der Waals surface area contributed by atoms with E-state index in [2.05, 4.69) is 9.88 Å². The normalized spacial score (nSPS) is 33.6. The predicted molar refractivity (Wildman–Crippen MR) is 111 cm³/mol. The summed E-state index contributed by atoms with van der Waals surface area (Å²) in [5.41, 5.74) is 0.243. The van der Waals surface area contributed by atoms with Crippen molar-refractivity contribution in [1.29, 1.82) is 0 Å². The first-order valence-corrected chi connectivity index (χ1v) is 12.3. The first-order chi connectivity index (χ1) is 14.1. The highest BCUT2D eigenvalue weighted by molar-refractivity contribution is 7.09. The number of carbonyl (C=O) groups excluding carboxylic acids is 2. The molecule has 1 amide bonds. The van der Waals surface area contributed by atoms with Crippen molar-refractivity contribution in [2.24, 2.45) is 23.2 Å². The van der Waals surface area contributed by atoms with E-state index in [-0.39, 0.29) is 5.41 Å². The van der Waals surface area contributed by atoms with Gasteiger partial charge in [-0.3, -0.25) is 4.79 Å². The number of hydrogen-bond donors (Lipinski definition) is 0. The van der Waals surface area contributed by atoms with Crippen molar-refractivity contribution in [3.63, 3.8) is 0 Å². The van der Waals surface area contributed by atoms with E-state index in [0.717, 1.165) is 54.9 Å². The molecule has 0 radical (unpaired) electrons. The molecule has 0 spiro atoms. The van der Waals surface area contributed by atoms with Crippen LogP contribution in [-0.4, -0.2) is 34.9 Å². The van der Waals surface area contributed by atoms with Crippen LogP contribution in [0.3, 0.4) is 0 Å². The molecule has 6 heteroatoms. The van der Waals surface area contributed by atoms with E-state index in [1.54, 1.807) is 5.38 Å². The van der Waals surface area contributed by atoms with Gasteiger partial charge in [0.1, 0.15) is 5.01 Å². The maximum atomic E-state index is 14.1. The van der Waals surface area contributed by atoms with Crippen LogP contribution in [0.2, 0.25) is 0 Å². The van der Waals surface area contributed by atoms with Crippen molar-refractivity contribution in [1.82, 2.24) is 9.88 Å². The van der Waals surface area contributed by atoms with Crippen LogP contribution in [0.15, 0.2) is 5.38 Å². The van der Waals surface area contributed by atoms with Crippen LogP contribution in [0.4, 0.5) is 0 Å². The van der Waals surface area contributed by atoms with Gasteiger partial charge in [-0.05, 0) is 69.1 Å². The minimum Gasteiger partial charge on any atom is -0.464 e. The number of rotatable bonds is 5. The summed E-state index contributed by atoms with van der Waals surface area (Å²) in [7, 11) is 1.38. The summed E-state index contributed by atoms with van der Waals surface area (Å²) in [4.78, 5) is 32.6. The molecule has 1 aromatic heterocycles. The molecule has 29 heavy (non-hydrogen) atoms. The van der Waals surface area contributed by atoms with E-state index in [1.807, 2.05) is 0 Å². The molecule has 0 aromatic carbocycles. The van der Waals surface area contributed by atoms with E-state index in [9.17, 15) is 9.59 Å². The van der Waals surface area contributed by atoms with Crippen LogP contribution < -0.4 is 0 Å². The van der Waals surface area contributed by atoms with Gasteiger partial charge in [-0.2, -0.15) is 0 Å². The van der Waals surface area contributed by atoms with E-state index >= 15 is 0 Å². The molecule has 5 aliphatic rings. The van der Waals surface area contributed by atoms with Crippen molar-refractivity contribution in [2.45, 2.75) is 83.2 Å². The Labute approximate surface area is 177 Å². The zero-order chi connectivity index (χ0) is 20.0. The number of esters is 1. The van der Waals surface area contributed by atoms with Gasteiger partial charge in [-0.1, -0.05) is 19.3 Å². The second-order valence-electron chi connectivity index (χ2n) is 10.0. The molecule has 158 valence electrons. The lowest BCUT2D eigenvalue weighted by Crippen LogP contribution is -2.56. The Morgan fingerprint density at radius 3 is 2.31 bits per heavy atom. The number of methoxy groups -OCH3 is 1. The molecular formula is C23H32N2O3S. The fourth-order valence-electron chi connectivity index (χ4n) is 7.16. The van der Waals surface area contributed by atoms with E-state index < -0.39 is 5.97 Å². The Balaban J connectivity index is 1.40. The third-order valence-corrected chi connectivity index (χ3v) is 8.85. The minimum atomic E-state index is -0.399. The molecule has 5 aliphatic carbocycles. The molecule has 4 bridgehead atoms. The standard InChI is InChI=1S/C23H32N2O3S/c1-28-21(26)19-14-29-20(24-19)13-25(18-5-3-2-4-6-18)22(27)23-10-15-7-16(11-23)9-17(8-15)12-23/h14-18H,2-13H2,1H3. The molecule has 5 saturated carbocycles. The molecule has 0 unspecified atom stereocenters. The van der Waals surface area contributed by atoms with Gasteiger partial charge < -0.3 is 9.64 Å². The monoisotopic (exact) mass is 416 g/mol. The Hall–Kier alpha value is -1.43. The number of aromatic nitrogens is 1. The largest absolute Gasteiger partial charge is 0.464 e. The van der Waals surface area contributed by atoms with Crippen molar-refractivity contribution in [2.75, 3.05) is 7.11 Å². The smallest absolute Gasteiger partial charge is 0.357 e. The third-order valence-electron chi connectivity index (χ3n) is 8.02. The second kappa shape index (κ2) is 7.68. The maximum absolute atomic E-state index is 14.1. The molecule has 1 heterocycles. The topological polar surface area (TPSA) is 59.5 Å². The van der Waals surface area contributed by atoms with E-state index in [0.29, 0.717) is 24.2 Å². The summed E-state index contributed by atoms with van der Waals surface area (Å²) in [6.45, 7) is 0.549. The van der Waals surface area contributed by atoms with Gasteiger partial charge in [0.2, 0.25) is 5.91 Å². The van der Waals surface area contributed by atoms with E-state index in [1.165, 1.54) is 57.0 Å². The fourth-order valence-corrected chi connectivity index (χ4v) is 7.93. The molecule has 5 fully saturated rings. The predicted octanol–water partition coefficient (Wildman–Crippen LogP) is 4.81. The average molecular weight is 417 g/mol. The lowest BCUT2D eigenvalue weighted by molar-refractivity contribution is -0.161. The summed E-state index contributed by atoms with van der Waals surface area (Å²) in [5, 5.41) is 2.61. The second-order valence-corrected chi connectivity index (χ2v) is 11.0. The number of thiazole rings is 1. The Kier molecular flexibility index (Phi) is 5.17. The van der Waals surface area contributed by atoms with Crippen molar-refractivity contribution >= 4 is 23.2 Å². The average Bonchev–Trinajstić information content (AvgIpc) is 3.19. The summed E-state index contributed by atoms with van der Waals surface area (Å²) in [5.74, 6) is 2.31. The molecule has 1 aromatic rings. The SMILES string of the molecule is COC(=O)c1csc(CN(C(=O)C23CC4CC(CC(C4)C2)C3)C2CCCCC2)n1. The third kappa shape index (κ3) is 3.62. The summed E-state index contributed by atoms with van der Waals surface area (Å²) in [6, 6.07) is 0.328. The van der Waals surface area contributed by atoms with Gasteiger partial charge in [-0.15, -0.1) is 11.3 Å². The van der Waals surface area contributed by atoms with E-state index in [4.69, 9.17) is 4.74 Å². The number of amides is 1. The van der Waals surface area contributed by atoms with Crippen LogP contribution in [0, 0.1) is 23.2 Å². The molecule has 0 atom stereocenters. The minimum absolute atomic E-state index is 0.116. The van der Waals surface area contributed by atoms with Crippen LogP contribution >= 0.6 is 11.3 Å².